The molecule has 0 aliphatic heterocycles. The van der Waals surface area contributed by atoms with Gasteiger partial charge in [-0.15, -0.1) is 0 Å². The van der Waals surface area contributed by atoms with Gasteiger partial charge in [0.15, 0.2) is 0 Å². The smallest absolute Gasteiger partial charge is 0.254 e. The van der Waals surface area contributed by atoms with Crippen LogP contribution in [0.25, 0.3) is 0 Å². The Morgan fingerprint density at radius 1 is 1.43 bits per heavy atom. The summed E-state index contributed by atoms with van der Waals surface area (Å²) in [6.45, 7) is 2.80. The highest BCUT2D eigenvalue weighted by molar-refractivity contribution is 5.94. The van der Waals surface area contributed by atoms with Gasteiger partial charge in [-0.3, -0.25) is 4.79 Å². The van der Waals surface area contributed by atoms with Gasteiger partial charge in [-0.2, -0.15) is 0 Å². The standard InChI is InChI=1S/C17H21FN2O/c1-2-20(15-7-3-4-8-15)17(21)14-10-9-13(6-5-11-19)16(18)12-14/h9-10,12,15H,2-4,7-8,11,19H2,1H3. The van der Waals surface area contributed by atoms with Crippen LogP contribution in [0.5, 0.6) is 0 Å². The molecule has 1 aromatic carbocycles. The summed E-state index contributed by atoms with van der Waals surface area (Å²) in [5.41, 5.74) is 5.94. The minimum absolute atomic E-state index is 0.0957. The van der Waals surface area contributed by atoms with Crippen molar-refractivity contribution in [2.75, 3.05) is 13.1 Å². The second-order valence-electron chi connectivity index (χ2n) is 5.23. The van der Waals surface area contributed by atoms with E-state index in [1.165, 1.54) is 6.07 Å². The molecular weight excluding hydrogens is 267 g/mol. The van der Waals surface area contributed by atoms with Crippen molar-refractivity contribution in [3.8, 4) is 11.8 Å². The molecule has 0 spiro atoms. The average Bonchev–Trinajstić information content (AvgIpc) is 3.00. The first-order valence-electron chi connectivity index (χ1n) is 7.46. The fourth-order valence-corrected chi connectivity index (χ4v) is 2.85. The quantitative estimate of drug-likeness (QED) is 0.869. The van der Waals surface area contributed by atoms with Gasteiger partial charge in [0.2, 0.25) is 0 Å². The summed E-state index contributed by atoms with van der Waals surface area (Å²) in [6.07, 6.45) is 4.41. The van der Waals surface area contributed by atoms with Crippen molar-refractivity contribution in [3.63, 3.8) is 0 Å². The van der Waals surface area contributed by atoms with Gasteiger partial charge >= 0.3 is 0 Å². The monoisotopic (exact) mass is 288 g/mol. The summed E-state index contributed by atoms with van der Waals surface area (Å²) in [5.74, 6) is 4.71. The van der Waals surface area contributed by atoms with Crippen molar-refractivity contribution in [1.82, 2.24) is 4.90 Å². The minimum Gasteiger partial charge on any atom is -0.336 e. The van der Waals surface area contributed by atoms with Crippen molar-refractivity contribution in [2.24, 2.45) is 5.73 Å². The number of hydrogen-bond acceptors (Lipinski definition) is 2. The van der Waals surface area contributed by atoms with E-state index >= 15 is 0 Å². The Morgan fingerprint density at radius 2 is 2.14 bits per heavy atom. The van der Waals surface area contributed by atoms with Crippen LogP contribution < -0.4 is 5.73 Å². The fraction of sp³-hybridized carbons (Fsp3) is 0.471. The second kappa shape index (κ2) is 7.24. The molecule has 1 aromatic rings. The molecule has 21 heavy (non-hydrogen) atoms. The molecule has 1 fully saturated rings. The van der Waals surface area contributed by atoms with Crippen LogP contribution >= 0.6 is 0 Å². The normalized spacial score (nSPS) is 14.6. The van der Waals surface area contributed by atoms with Crippen molar-refractivity contribution in [3.05, 3.63) is 35.1 Å². The molecule has 1 amide bonds. The van der Waals surface area contributed by atoms with Gasteiger partial charge in [-0.1, -0.05) is 24.7 Å². The van der Waals surface area contributed by atoms with E-state index in [1.54, 1.807) is 12.1 Å². The molecule has 0 bridgehead atoms. The summed E-state index contributed by atoms with van der Waals surface area (Å²) in [5, 5.41) is 0. The summed E-state index contributed by atoms with van der Waals surface area (Å²) in [6, 6.07) is 4.76. The summed E-state index contributed by atoms with van der Waals surface area (Å²) >= 11 is 0. The van der Waals surface area contributed by atoms with Crippen LogP contribution in [0.2, 0.25) is 0 Å². The Kier molecular flexibility index (Phi) is 5.35. The van der Waals surface area contributed by atoms with Crippen molar-refractivity contribution >= 4 is 5.91 Å². The van der Waals surface area contributed by atoms with Crippen LogP contribution in [0, 0.1) is 17.7 Å². The predicted octanol–water partition coefficient (Wildman–Crippen LogP) is 2.54. The number of amides is 1. The molecule has 3 nitrogen and oxygen atoms in total. The molecular formula is C17H21FN2O. The van der Waals surface area contributed by atoms with Gasteiger partial charge in [0.25, 0.3) is 5.91 Å². The van der Waals surface area contributed by atoms with Gasteiger partial charge in [-0.25, -0.2) is 4.39 Å². The molecule has 4 heteroatoms. The lowest BCUT2D eigenvalue weighted by molar-refractivity contribution is 0.0693. The highest BCUT2D eigenvalue weighted by Gasteiger charge is 2.26. The molecule has 0 saturated heterocycles. The highest BCUT2D eigenvalue weighted by atomic mass is 19.1. The van der Waals surface area contributed by atoms with Gasteiger partial charge < -0.3 is 10.6 Å². The number of nitrogens with two attached hydrogens (primary N) is 1. The fourth-order valence-electron chi connectivity index (χ4n) is 2.85. The molecule has 2 N–H and O–H groups in total. The minimum atomic E-state index is -0.468. The Labute approximate surface area is 125 Å². The van der Waals surface area contributed by atoms with Crippen LogP contribution in [0.4, 0.5) is 4.39 Å². The SMILES string of the molecule is CCN(C(=O)c1ccc(C#CCN)c(F)c1)C1CCCC1. The van der Waals surface area contributed by atoms with E-state index < -0.39 is 5.82 Å². The molecule has 0 radical (unpaired) electrons. The van der Waals surface area contributed by atoms with E-state index in [9.17, 15) is 9.18 Å². The van der Waals surface area contributed by atoms with E-state index in [0.717, 1.165) is 25.7 Å². The van der Waals surface area contributed by atoms with Gasteiger partial charge in [0.1, 0.15) is 5.82 Å². The van der Waals surface area contributed by atoms with E-state index in [-0.39, 0.29) is 18.0 Å². The van der Waals surface area contributed by atoms with E-state index in [2.05, 4.69) is 11.8 Å². The maximum absolute atomic E-state index is 14.0. The van der Waals surface area contributed by atoms with Crippen LogP contribution in [0.3, 0.4) is 0 Å². The molecule has 0 aromatic heterocycles. The zero-order valence-corrected chi connectivity index (χ0v) is 12.4. The number of halogens is 1. The lowest BCUT2D eigenvalue weighted by atomic mass is 10.1. The molecule has 112 valence electrons. The zero-order chi connectivity index (χ0) is 15.2. The molecule has 1 saturated carbocycles. The van der Waals surface area contributed by atoms with E-state index in [1.807, 2.05) is 11.8 Å². The maximum atomic E-state index is 14.0. The molecule has 0 unspecified atom stereocenters. The predicted molar refractivity (Wildman–Crippen MR) is 81.3 cm³/mol. The summed E-state index contributed by atoms with van der Waals surface area (Å²) < 4.78 is 14.0. The van der Waals surface area contributed by atoms with Crippen molar-refractivity contribution in [2.45, 2.75) is 38.6 Å². The first-order chi connectivity index (χ1) is 10.2. The van der Waals surface area contributed by atoms with Gasteiger partial charge in [0, 0.05) is 18.2 Å². The van der Waals surface area contributed by atoms with Crippen LogP contribution in [-0.4, -0.2) is 29.9 Å². The Balaban J connectivity index is 2.20. The first-order valence-corrected chi connectivity index (χ1v) is 7.46. The number of benzene rings is 1. The Morgan fingerprint density at radius 3 is 2.71 bits per heavy atom. The number of rotatable bonds is 3. The molecule has 0 atom stereocenters. The average molecular weight is 288 g/mol. The number of carbonyl (C=O) groups is 1. The third-order valence-electron chi connectivity index (χ3n) is 3.91. The lowest BCUT2D eigenvalue weighted by Crippen LogP contribution is -2.38. The molecule has 2 rings (SSSR count). The highest BCUT2D eigenvalue weighted by Crippen LogP contribution is 2.25. The Bertz CT molecular complexity index is 568. The number of carbonyl (C=O) groups excluding carboxylic acids is 1. The zero-order valence-electron chi connectivity index (χ0n) is 12.4. The maximum Gasteiger partial charge on any atom is 0.254 e. The lowest BCUT2D eigenvalue weighted by Gasteiger charge is -2.27. The third-order valence-corrected chi connectivity index (χ3v) is 3.91. The van der Waals surface area contributed by atoms with Crippen LogP contribution in [-0.2, 0) is 0 Å². The largest absolute Gasteiger partial charge is 0.336 e. The molecule has 0 heterocycles. The molecule has 1 aliphatic rings. The van der Waals surface area contributed by atoms with Gasteiger partial charge in [-0.05, 0) is 38.0 Å². The van der Waals surface area contributed by atoms with E-state index in [0.29, 0.717) is 18.2 Å². The topological polar surface area (TPSA) is 46.3 Å². The number of nitrogens with zero attached hydrogens (tertiary/aromatic N) is 1. The van der Waals surface area contributed by atoms with Gasteiger partial charge in [0.05, 0.1) is 12.1 Å². The van der Waals surface area contributed by atoms with Crippen molar-refractivity contribution in [1.29, 1.82) is 0 Å². The van der Waals surface area contributed by atoms with Crippen LogP contribution in [0.15, 0.2) is 18.2 Å². The third kappa shape index (κ3) is 3.62. The van der Waals surface area contributed by atoms with Crippen molar-refractivity contribution < 1.29 is 9.18 Å². The van der Waals surface area contributed by atoms with E-state index in [4.69, 9.17) is 5.73 Å². The second-order valence-corrected chi connectivity index (χ2v) is 5.23. The number of hydrogen-bond donors (Lipinski definition) is 1. The summed E-state index contributed by atoms with van der Waals surface area (Å²) in [4.78, 5) is 14.4. The first kappa shape index (κ1) is 15.5. The molecule has 1 aliphatic carbocycles. The summed E-state index contributed by atoms with van der Waals surface area (Å²) in [7, 11) is 0. The van der Waals surface area contributed by atoms with Crippen LogP contribution in [0.1, 0.15) is 48.5 Å². The Hall–Kier alpha value is -1.86.